The molecule has 1 aliphatic carbocycles. The van der Waals surface area contributed by atoms with E-state index in [0.717, 1.165) is 35.0 Å². The number of methoxy groups -OCH3 is 2. The van der Waals surface area contributed by atoms with Crippen LogP contribution in [-0.4, -0.2) is 30.0 Å². The minimum absolute atomic E-state index is 0.0603. The molecule has 0 spiro atoms. The van der Waals surface area contributed by atoms with Gasteiger partial charge in [0.05, 0.1) is 25.5 Å². The fraction of sp³-hybridized carbons (Fsp3) is 0.261. The second-order valence-electron chi connectivity index (χ2n) is 7.36. The zero-order valence-corrected chi connectivity index (χ0v) is 17.2. The highest BCUT2D eigenvalue weighted by Gasteiger charge is 2.28. The van der Waals surface area contributed by atoms with E-state index in [-0.39, 0.29) is 11.7 Å². The molecular weight excluding hydrogens is 380 g/mol. The molecule has 0 amide bonds. The number of ketones is 1. The summed E-state index contributed by atoms with van der Waals surface area (Å²) in [4.78, 5) is 22.1. The minimum atomic E-state index is 0.0603. The van der Waals surface area contributed by atoms with E-state index in [1.165, 1.54) is 0 Å². The molecule has 3 aromatic rings. The molecule has 7 nitrogen and oxygen atoms in total. The number of aromatic nitrogens is 2. The molecule has 0 aliphatic heterocycles. The van der Waals surface area contributed by atoms with Gasteiger partial charge in [0.1, 0.15) is 17.3 Å². The number of ether oxygens (including phenoxy) is 2. The van der Waals surface area contributed by atoms with Gasteiger partial charge in [-0.15, -0.1) is 0 Å². The van der Waals surface area contributed by atoms with Crippen molar-refractivity contribution in [3.63, 3.8) is 0 Å². The second-order valence-corrected chi connectivity index (χ2v) is 7.36. The van der Waals surface area contributed by atoms with Crippen molar-refractivity contribution >= 4 is 28.9 Å². The average Bonchev–Trinajstić information content (AvgIpc) is 2.73. The summed E-state index contributed by atoms with van der Waals surface area (Å²) in [6.45, 7) is 2.06. The van der Waals surface area contributed by atoms with Crippen LogP contribution < -0.4 is 20.1 Å². The van der Waals surface area contributed by atoms with Crippen molar-refractivity contribution in [1.29, 1.82) is 0 Å². The quantitative estimate of drug-likeness (QED) is 0.613. The Morgan fingerprint density at radius 1 is 0.900 bits per heavy atom. The smallest absolute Gasteiger partial charge is 0.229 e. The highest BCUT2D eigenvalue weighted by atomic mass is 16.5. The third kappa shape index (κ3) is 4.20. The SMILES string of the molecule is COc1ccc(Nc2nc3c(c(Nc4cccc(OC)c4)n2)C(=O)CC(C)C3)cc1. The van der Waals surface area contributed by atoms with Crippen LogP contribution in [0.25, 0.3) is 0 Å². The van der Waals surface area contributed by atoms with Gasteiger partial charge in [0.2, 0.25) is 5.95 Å². The first-order valence-corrected chi connectivity index (χ1v) is 9.82. The Morgan fingerprint density at radius 3 is 2.40 bits per heavy atom. The van der Waals surface area contributed by atoms with Gasteiger partial charge < -0.3 is 20.1 Å². The van der Waals surface area contributed by atoms with Crippen molar-refractivity contribution in [2.24, 2.45) is 5.92 Å². The first kappa shape index (κ1) is 19.7. The van der Waals surface area contributed by atoms with Crippen molar-refractivity contribution in [1.82, 2.24) is 9.97 Å². The van der Waals surface area contributed by atoms with E-state index in [4.69, 9.17) is 9.47 Å². The van der Waals surface area contributed by atoms with Crippen LogP contribution in [0.1, 0.15) is 29.4 Å². The maximum absolute atomic E-state index is 12.8. The van der Waals surface area contributed by atoms with E-state index in [2.05, 4.69) is 27.5 Å². The predicted octanol–water partition coefficient (Wildman–Crippen LogP) is 4.75. The summed E-state index contributed by atoms with van der Waals surface area (Å²) in [6.07, 6.45) is 1.22. The van der Waals surface area contributed by atoms with Crippen LogP contribution in [0.5, 0.6) is 11.5 Å². The van der Waals surface area contributed by atoms with Gasteiger partial charge in [-0.2, -0.15) is 4.98 Å². The number of hydrogen-bond donors (Lipinski definition) is 2. The fourth-order valence-electron chi connectivity index (χ4n) is 3.56. The normalized spacial score (nSPS) is 15.3. The third-order valence-corrected chi connectivity index (χ3v) is 5.02. The van der Waals surface area contributed by atoms with E-state index in [1.807, 2.05) is 48.5 Å². The van der Waals surface area contributed by atoms with Gasteiger partial charge in [-0.3, -0.25) is 4.79 Å². The first-order chi connectivity index (χ1) is 14.6. The Bertz CT molecular complexity index is 1070. The molecule has 0 saturated carbocycles. The largest absolute Gasteiger partial charge is 0.497 e. The Kier molecular flexibility index (Phi) is 5.52. The number of fused-ring (bicyclic) bond motifs is 1. The maximum Gasteiger partial charge on any atom is 0.229 e. The standard InChI is InChI=1S/C23H24N4O3/c1-14-11-19-21(20(28)12-14)22(24-16-5-4-6-18(13-16)30-3)27-23(26-19)25-15-7-9-17(29-2)10-8-15/h4-10,13-14H,11-12H2,1-3H3,(H2,24,25,26,27). The Labute approximate surface area is 175 Å². The molecule has 0 bridgehead atoms. The molecule has 1 aromatic heterocycles. The summed E-state index contributed by atoms with van der Waals surface area (Å²) in [5, 5.41) is 6.51. The fourth-order valence-corrected chi connectivity index (χ4v) is 3.56. The Morgan fingerprint density at radius 2 is 1.67 bits per heavy atom. The molecule has 2 N–H and O–H groups in total. The van der Waals surface area contributed by atoms with Crippen LogP contribution in [-0.2, 0) is 6.42 Å². The second kappa shape index (κ2) is 8.41. The van der Waals surface area contributed by atoms with Crippen LogP contribution >= 0.6 is 0 Å². The Hall–Kier alpha value is -3.61. The van der Waals surface area contributed by atoms with Crippen LogP contribution in [0.3, 0.4) is 0 Å². The Balaban J connectivity index is 1.71. The van der Waals surface area contributed by atoms with Crippen LogP contribution in [0, 0.1) is 5.92 Å². The predicted molar refractivity (Wildman–Crippen MR) is 116 cm³/mol. The lowest BCUT2D eigenvalue weighted by Crippen LogP contribution is -2.22. The zero-order chi connectivity index (χ0) is 21.1. The number of carbonyl (C=O) groups is 1. The van der Waals surface area contributed by atoms with Crippen molar-refractivity contribution in [2.75, 3.05) is 24.9 Å². The molecule has 154 valence electrons. The average molecular weight is 404 g/mol. The van der Waals surface area contributed by atoms with Gasteiger partial charge in [-0.05, 0) is 48.7 Å². The number of rotatable bonds is 6. The van der Waals surface area contributed by atoms with Gasteiger partial charge in [0.25, 0.3) is 0 Å². The lowest BCUT2D eigenvalue weighted by atomic mass is 9.87. The van der Waals surface area contributed by atoms with Crippen LogP contribution in [0.2, 0.25) is 0 Å². The van der Waals surface area contributed by atoms with E-state index >= 15 is 0 Å². The number of anilines is 4. The molecule has 30 heavy (non-hydrogen) atoms. The molecule has 7 heteroatoms. The number of nitrogens with zero attached hydrogens (tertiary/aromatic N) is 2. The van der Waals surface area contributed by atoms with Gasteiger partial charge in [-0.1, -0.05) is 13.0 Å². The van der Waals surface area contributed by atoms with Crippen molar-refractivity contribution in [3.8, 4) is 11.5 Å². The minimum Gasteiger partial charge on any atom is -0.497 e. The lowest BCUT2D eigenvalue weighted by molar-refractivity contribution is 0.0953. The highest BCUT2D eigenvalue weighted by molar-refractivity contribution is 6.03. The number of benzene rings is 2. The van der Waals surface area contributed by atoms with Crippen LogP contribution in [0.4, 0.5) is 23.1 Å². The highest BCUT2D eigenvalue weighted by Crippen LogP contribution is 2.32. The summed E-state index contributed by atoms with van der Waals surface area (Å²) in [5.74, 6) is 2.74. The van der Waals surface area contributed by atoms with Gasteiger partial charge >= 0.3 is 0 Å². The number of carbonyl (C=O) groups excluding carboxylic acids is 1. The zero-order valence-electron chi connectivity index (χ0n) is 17.2. The topological polar surface area (TPSA) is 85.4 Å². The molecule has 0 fully saturated rings. The van der Waals surface area contributed by atoms with E-state index in [0.29, 0.717) is 23.8 Å². The number of hydrogen-bond acceptors (Lipinski definition) is 7. The van der Waals surface area contributed by atoms with Gasteiger partial charge in [0, 0.05) is 23.9 Å². The van der Waals surface area contributed by atoms with E-state index < -0.39 is 0 Å². The van der Waals surface area contributed by atoms with E-state index in [9.17, 15) is 4.79 Å². The van der Waals surface area contributed by atoms with Crippen molar-refractivity contribution in [2.45, 2.75) is 19.8 Å². The van der Waals surface area contributed by atoms with Gasteiger partial charge in [-0.25, -0.2) is 4.98 Å². The van der Waals surface area contributed by atoms with Crippen molar-refractivity contribution < 1.29 is 14.3 Å². The summed E-state index contributed by atoms with van der Waals surface area (Å²) in [5.41, 5.74) is 2.95. The number of Topliss-reactive ketones (excluding diaryl/α,β-unsaturated/α-hetero) is 1. The van der Waals surface area contributed by atoms with Gasteiger partial charge in [0.15, 0.2) is 5.78 Å². The molecule has 4 rings (SSSR count). The summed E-state index contributed by atoms with van der Waals surface area (Å²) >= 11 is 0. The number of nitrogens with one attached hydrogen (secondary N) is 2. The summed E-state index contributed by atoms with van der Waals surface area (Å²) in [7, 11) is 3.25. The van der Waals surface area contributed by atoms with Crippen LogP contribution in [0.15, 0.2) is 48.5 Å². The summed E-state index contributed by atoms with van der Waals surface area (Å²) in [6, 6.07) is 15.0. The molecule has 0 saturated heterocycles. The van der Waals surface area contributed by atoms with Crippen molar-refractivity contribution in [3.05, 3.63) is 59.8 Å². The molecular formula is C23H24N4O3. The molecule has 1 aliphatic rings. The molecule has 1 unspecified atom stereocenters. The van der Waals surface area contributed by atoms with E-state index in [1.54, 1.807) is 14.2 Å². The lowest BCUT2D eigenvalue weighted by Gasteiger charge is -2.23. The molecule has 0 radical (unpaired) electrons. The summed E-state index contributed by atoms with van der Waals surface area (Å²) < 4.78 is 10.5. The molecule has 1 atom stereocenters. The maximum atomic E-state index is 12.8. The first-order valence-electron chi connectivity index (χ1n) is 9.82. The third-order valence-electron chi connectivity index (χ3n) is 5.02. The monoisotopic (exact) mass is 404 g/mol. The molecule has 2 aromatic carbocycles. The molecule has 1 heterocycles.